The molecule has 0 aliphatic carbocycles. The van der Waals surface area contributed by atoms with Crippen LogP contribution in [0.5, 0.6) is 0 Å². The molecule has 8 heteroatoms. The van der Waals surface area contributed by atoms with Crippen molar-refractivity contribution in [2.75, 3.05) is 11.5 Å². The van der Waals surface area contributed by atoms with E-state index >= 15 is 0 Å². The Morgan fingerprint density at radius 3 is 2.25 bits per heavy atom. The van der Waals surface area contributed by atoms with Crippen molar-refractivity contribution in [2.24, 2.45) is 5.41 Å². The molecule has 2 aromatic rings. The number of hydroxylamine groups is 2. The Balaban J connectivity index is 1.65. The molecule has 2 heterocycles. The molecule has 28 heavy (non-hydrogen) atoms. The number of hydrogen-bond donors (Lipinski definition) is 0. The number of benzene rings is 2. The number of rotatable bonds is 3. The highest BCUT2D eigenvalue weighted by Crippen LogP contribution is 2.35. The van der Waals surface area contributed by atoms with Gasteiger partial charge < -0.3 is 0 Å². The molecule has 0 N–H and O–H groups in total. The van der Waals surface area contributed by atoms with Crippen molar-refractivity contribution in [3.05, 3.63) is 63.9 Å². The Kier molecular flexibility index (Phi) is 4.24. The molecule has 3 amide bonds. The zero-order valence-electron chi connectivity index (χ0n) is 15.2. The lowest BCUT2D eigenvalue weighted by atomic mass is 9.95. The first kappa shape index (κ1) is 18.6. The smallest absolute Gasteiger partial charge is 0.266 e. The molecule has 2 aliphatic rings. The first-order valence-electron chi connectivity index (χ1n) is 8.61. The summed E-state index contributed by atoms with van der Waals surface area (Å²) in [6.45, 7) is 3.69. The van der Waals surface area contributed by atoms with Gasteiger partial charge >= 0.3 is 0 Å². The van der Waals surface area contributed by atoms with Crippen LogP contribution in [0.2, 0.25) is 5.02 Å². The standard InChI is InChI=1S/C20H16ClFN2O4/c1-20(2)10-28-23(19(20)27)9-11-7-15(22)16(8-14(11)21)24-17(25)12-5-3-4-6-13(12)18(24)26/h3-8H,9-10H2,1-2H3. The molecule has 0 aromatic heterocycles. The van der Waals surface area contributed by atoms with Crippen molar-refractivity contribution in [2.45, 2.75) is 20.4 Å². The van der Waals surface area contributed by atoms with E-state index in [9.17, 15) is 18.8 Å². The Bertz CT molecular complexity index is 1000. The maximum absolute atomic E-state index is 14.8. The van der Waals surface area contributed by atoms with E-state index in [1.165, 1.54) is 18.2 Å². The number of fused-ring (bicyclic) bond motifs is 1. The monoisotopic (exact) mass is 402 g/mol. The summed E-state index contributed by atoms with van der Waals surface area (Å²) in [5.74, 6) is -2.24. The summed E-state index contributed by atoms with van der Waals surface area (Å²) in [6, 6.07) is 8.63. The van der Waals surface area contributed by atoms with Crippen molar-refractivity contribution >= 4 is 35.0 Å². The Morgan fingerprint density at radius 2 is 1.71 bits per heavy atom. The van der Waals surface area contributed by atoms with Gasteiger partial charge in [-0.15, -0.1) is 0 Å². The number of carbonyl (C=O) groups is 3. The second-order valence-electron chi connectivity index (χ2n) is 7.39. The molecule has 0 saturated carbocycles. The van der Waals surface area contributed by atoms with Gasteiger partial charge in [-0.25, -0.2) is 14.4 Å². The van der Waals surface area contributed by atoms with E-state index in [2.05, 4.69) is 0 Å². The minimum absolute atomic E-state index is 0.0413. The molecule has 1 saturated heterocycles. The number of halogens is 2. The van der Waals surface area contributed by atoms with Crippen LogP contribution in [0.15, 0.2) is 36.4 Å². The van der Waals surface area contributed by atoms with Crippen molar-refractivity contribution in [1.82, 2.24) is 5.06 Å². The fourth-order valence-electron chi connectivity index (χ4n) is 3.25. The number of anilines is 1. The number of amides is 3. The average molecular weight is 403 g/mol. The van der Waals surface area contributed by atoms with Gasteiger partial charge in [0.2, 0.25) is 0 Å². The highest BCUT2D eigenvalue weighted by Gasteiger charge is 2.41. The van der Waals surface area contributed by atoms with Crippen molar-refractivity contribution in [3.63, 3.8) is 0 Å². The maximum atomic E-state index is 14.8. The first-order chi connectivity index (χ1) is 13.2. The fourth-order valence-corrected chi connectivity index (χ4v) is 3.47. The Hall–Kier alpha value is -2.77. The second-order valence-corrected chi connectivity index (χ2v) is 7.79. The zero-order valence-corrected chi connectivity index (χ0v) is 15.9. The summed E-state index contributed by atoms with van der Waals surface area (Å²) >= 11 is 6.27. The Labute approximate surface area is 165 Å². The lowest BCUT2D eigenvalue weighted by Crippen LogP contribution is -2.31. The minimum Gasteiger partial charge on any atom is -0.272 e. The van der Waals surface area contributed by atoms with Crippen molar-refractivity contribution in [3.8, 4) is 0 Å². The van der Waals surface area contributed by atoms with Crippen LogP contribution in [0.4, 0.5) is 10.1 Å². The van der Waals surface area contributed by atoms with Crippen LogP contribution in [0.3, 0.4) is 0 Å². The van der Waals surface area contributed by atoms with Gasteiger partial charge in [0.25, 0.3) is 17.7 Å². The Morgan fingerprint density at radius 1 is 1.11 bits per heavy atom. The van der Waals surface area contributed by atoms with Crippen LogP contribution < -0.4 is 4.90 Å². The van der Waals surface area contributed by atoms with E-state index in [-0.39, 0.29) is 40.9 Å². The van der Waals surface area contributed by atoms with Gasteiger partial charge in [0.15, 0.2) is 0 Å². The van der Waals surface area contributed by atoms with Gasteiger partial charge in [-0.1, -0.05) is 23.7 Å². The predicted octanol–water partition coefficient (Wildman–Crippen LogP) is 3.58. The molecule has 6 nitrogen and oxygen atoms in total. The third-order valence-corrected chi connectivity index (χ3v) is 5.20. The number of carbonyl (C=O) groups excluding carboxylic acids is 3. The van der Waals surface area contributed by atoms with E-state index in [0.717, 1.165) is 16.0 Å². The SMILES string of the molecule is CC1(C)CON(Cc2cc(F)c(N3C(=O)c4ccccc4C3=O)cc2Cl)C1=O. The number of imide groups is 1. The van der Waals surface area contributed by atoms with Gasteiger partial charge in [0, 0.05) is 5.02 Å². The van der Waals surface area contributed by atoms with E-state index in [1.807, 2.05) is 0 Å². The molecule has 0 bridgehead atoms. The van der Waals surface area contributed by atoms with Crippen LogP contribution in [0, 0.1) is 11.2 Å². The number of hydrogen-bond acceptors (Lipinski definition) is 4. The van der Waals surface area contributed by atoms with Crippen LogP contribution in [0.25, 0.3) is 0 Å². The topological polar surface area (TPSA) is 66.9 Å². The summed E-state index contributed by atoms with van der Waals surface area (Å²) < 4.78 is 14.8. The van der Waals surface area contributed by atoms with Gasteiger partial charge in [0.1, 0.15) is 5.82 Å². The molecule has 2 aliphatic heterocycles. The molecule has 0 radical (unpaired) electrons. The van der Waals surface area contributed by atoms with Crippen LogP contribution in [-0.4, -0.2) is 29.4 Å². The number of nitrogens with zero attached hydrogens (tertiary/aromatic N) is 2. The summed E-state index contributed by atoms with van der Waals surface area (Å²) in [7, 11) is 0. The largest absolute Gasteiger partial charge is 0.272 e. The molecule has 4 rings (SSSR count). The van der Waals surface area contributed by atoms with Gasteiger partial charge in [-0.3, -0.25) is 19.2 Å². The molecule has 0 unspecified atom stereocenters. The summed E-state index contributed by atoms with van der Waals surface area (Å²) in [5, 5.41) is 1.26. The molecule has 2 aromatic carbocycles. The van der Waals surface area contributed by atoms with E-state index < -0.39 is 23.0 Å². The zero-order chi connectivity index (χ0) is 20.2. The van der Waals surface area contributed by atoms with Gasteiger partial charge in [-0.2, -0.15) is 0 Å². The van der Waals surface area contributed by atoms with Crippen molar-refractivity contribution < 1.29 is 23.6 Å². The quantitative estimate of drug-likeness (QED) is 0.736. The normalized spacial score (nSPS) is 18.2. The van der Waals surface area contributed by atoms with E-state index in [4.69, 9.17) is 16.4 Å². The van der Waals surface area contributed by atoms with Crippen molar-refractivity contribution in [1.29, 1.82) is 0 Å². The molecule has 1 fully saturated rings. The fraction of sp³-hybridized carbons (Fsp3) is 0.250. The summed E-state index contributed by atoms with van der Waals surface area (Å²) in [5.41, 5.74) is -0.152. The third-order valence-electron chi connectivity index (χ3n) is 4.85. The van der Waals surface area contributed by atoms with Gasteiger partial charge in [-0.05, 0) is 43.7 Å². The van der Waals surface area contributed by atoms with Crippen LogP contribution >= 0.6 is 11.6 Å². The molecule has 0 spiro atoms. The average Bonchev–Trinajstić information content (AvgIpc) is 3.06. The van der Waals surface area contributed by atoms with Crippen LogP contribution in [0.1, 0.15) is 40.1 Å². The summed E-state index contributed by atoms with van der Waals surface area (Å²) in [4.78, 5) is 43.6. The highest BCUT2D eigenvalue weighted by atomic mass is 35.5. The van der Waals surface area contributed by atoms with Gasteiger partial charge in [0.05, 0.1) is 35.4 Å². The lowest BCUT2D eigenvalue weighted by molar-refractivity contribution is -0.165. The molecule has 144 valence electrons. The predicted molar refractivity (Wildman–Crippen MR) is 99.3 cm³/mol. The van der Waals surface area contributed by atoms with E-state index in [0.29, 0.717) is 5.56 Å². The highest BCUT2D eigenvalue weighted by molar-refractivity contribution is 6.35. The lowest BCUT2D eigenvalue weighted by Gasteiger charge is -2.19. The minimum atomic E-state index is -0.792. The maximum Gasteiger partial charge on any atom is 0.266 e. The molecule has 0 atom stereocenters. The van der Waals surface area contributed by atoms with Crippen LogP contribution in [-0.2, 0) is 16.2 Å². The summed E-state index contributed by atoms with van der Waals surface area (Å²) in [6.07, 6.45) is 0. The first-order valence-corrected chi connectivity index (χ1v) is 8.99. The van der Waals surface area contributed by atoms with E-state index in [1.54, 1.807) is 26.0 Å². The second kappa shape index (κ2) is 6.39. The molecular weight excluding hydrogens is 387 g/mol. The molecular formula is C20H16ClFN2O4. The third kappa shape index (κ3) is 2.78.